The summed E-state index contributed by atoms with van der Waals surface area (Å²) in [6.07, 6.45) is 0.906. The molecule has 110 valence electrons. The summed E-state index contributed by atoms with van der Waals surface area (Å²) in [5.41, 5.74) is 1.08. The van der Waals surface area contributed by atoms with Crippen LogP contribution in [0.15, 0.2) is 29.2 Å². The van der Waals surface area contributed by atoms with Crippen molar-refractivity contribution in [3.05, 3.63) is 29.8 Å². The third-order valence-electron chi connectivity index (χ3n) is 4.02. The Kier molecular flexibility index (Phi) is 4.08. The van der Waals surface area contributed by atoms with Crippen molar-refractivity contribution in [1.82, 2.24) is 9.62 Å². The van der Waals surface area contributed by atoms with Gasteiger partial charge in [0.1, 0.15) is 0 Å². The number of fused-ring (bicyclic) bond motifs is 1. The Morgan fingerprint density at radius 3 is 2.80 bits per heavy atom. The van der Waals surface area contributed by atoms with Gasteiger partial charge in [-0.3, -0.25) is 0 Å². The number of rotatable bonds is 2. The van der Waals surface area contributed by atoms with Crippen LogP contribution in [0.1, 0.15) is 12.0 Å². The molecule has 20 heavy (non-hydrogen) atoms. The monoisotopic (exact) mass is 312 g/mol. The highest BCUT2D eigenvalue weighted by atomic mass is 32.2. The molecule has 2 fully saturated rings. The number of nitrogens with zero attached hydrogens (tertiary/aromatic N) is 1. The van der Waals surface area contributed by atoms with Crippen LogP contribution in [0, 0.1) is 6.92 Å². The normalized spacial score (nSPS) is 28.1. The number of hydrogen-bond donors (Lipinski definition) is 1. The van der Waals surface area contributed by atoms with Crippen molar-refractivity contribution >= 4 is 21.8 Å². The maximum absolute atomic E-state index is 12.7. The van der Waals surface area contributed by atoms with Gasteiger partial charge in [-0.05, 0) is 25.5 Å². The zero-order valence-electron chi connectivity index (χ0n) is 11.6. The third-order valence-corrected chi connectivity index (χ3v) is 7.25. The topological polar surface area (TPSA) is 49.4 Å². The standard InChI is InChI=1S/C14H20N2O2S2/c1-11-2-4-12(5-3-11)20(17,18)16-8-6-13-14(10-16)19-9-7-15-13/h2-5,13-15H,6-10H2,1H3. The molecule has 0 amide bonds. The minimum absolute atomic E-state index is 0.387. The first-order valence-corrected chi connectivity index (χ1v) is 9.48. The second kappa shape index (κ2) is 5.67. The summed E-state index contributed by atoms with van der Waals surface area (Å²) in [7, 11) is -3.34. The maximum Gasteiger partial charge on any atom is 0.243 e. The first-order valence-electron chi connectivity index (χ1n) is 6.99. The van der Waals surface area contributed by atoms with E-state index < -0.39 is 10.0 Å². The lowest BCUT2D eigenvalue weighted by Gasteiger charge is -2.40. The van der Waals surface area contributed by atoms with Crippen LogP contribution in [-0.2, 0) is 10.0 Å². The van der Waals surface area contributed by atoms with E-state index in [9.17, 15) is 8.42 Å². The molecule has 2 aliphatic heterocycles. The van der Waals surface area contributed by atoms with Crippen molar-refractivity contribution in [2.24, 2.45) is 0 Å². The Balaban J connectivity index is 1.79. The van der Waals surface area contributed by atoms with Gasteiger partial charge in [-0.2, -0.15) is 16.1 Å². The minimum Gasteiger partial charge on any atom is -0.312 e. The highest BCUT2D eigenvalue weighted by Crippen LogP contribution is 2.29. The number of benzene rings is 1. The molecule has 1 aromatic carbocycles. The quantitative estimate of drug-likeness (QED) is 0.898. The van der Waals surface area contributed by atoms with Gasteiger partial charge in [-0.15, -0.1) is 0 Å². The fourth-order valence-electron chi connectivity index (χ4n) is 2.82. The number of nitrogens with one attached hydrogen (secondary N) is 1. The Labute approximate surface area is 125 Å². The van der Waals surface area contributed by atoms with E-state index in [1.165, 1.54) is 0 Å². The van der Waals surface area contributed by atoms with Crippen molar-refractivity contribution in [2.75, 3.05) is 25.4 Å². The van der Waals surface area contributed by atoms with E-state index in [0.29, 0.717) is 29.3 Å². The van der Waals surface area contributed by atoms with Crippen LogP contribution in [0.4, 0.5) is 0 Å². The number of thioether (sulfide) groups is 1. The zero-order valence-corrected chi connectivity index (χ0v) is 13.2. The van der Waals surface area contributed by atoms with Crippen LogP contribution < -0.4 is 5.32 Å². The fourth-order valence-corrected chi connectivity index (χ4v) is 5.69. The molecule has 0 aliphatic carbocycles. The molecule has 2 heterocycles. The van der Waals surface area contributed by atoms with Crippen LogP contribution in [0.2, 0.25) is 0 Å². The molecule has 4 nitrogen and oxygen atoms in total. The lowest BCUT2D eigenvalue weighted by molar-refractivity contribution is 0.296. The van der Waals surface area contributed by atoms with Crippen LogP contribution >= 0.6 is 11.8 Å². The van der Waals surface area contributed by atoms with Crippen molar-refractivity contribution in [1.29, 1.82) is 0 Å². The van der Waals surface area contributed by atoms with E-state index in [1.54, 1.807) is 16.4 Å². The predicted molar refractivity (Wildman–Crippen MR) is 82.6 cm³/mol. The summed E-state index contributed by atoms with van der Waals surface area (Å²) in [6.45, 7) is 4.24. The number of sulfonamides is 1. The van der Waals surface area contributed by atoms with Crippen molar-refractivity contribution in [3.8, 4) is 0 Å². The number of aryl methyl sites for hydroxylation is 1. The number of hydrogen-bond acceptors (Lipinski definition) is 4. The summed E-state index contributed by atoms with van der Waals surface area (Å²) in [5.74, 6) is 1.07. The zero-order chi connectivity index (χ0) is 14.2. The Morgan fingerprint density at radius 2 is 2.05 bits per heavy atom. The highest BCUT2D eigenvalue weighted by Gasteiger charge is 2.36. The Morgan fingerprint density at radius 1 is 1.30 bits per heavy atom. The van der Waals surface area contributed by atoms with Crippen LogP contribution in [0.5, 0.6) is 0 Å². The van der Waals surface area contributed by atoms with Gasteiger partial charge < -0.3 is 5.32 Å². The predicted octanol–water partition coefficient (Wildman–Crippen LogP) is 1.46. The molecule has 2 saturated heterocycles. The van der Waals surface area contributed by atoms with Crippen LogP contribution in [-0.4, -0.2) is 49.4 Å². The SMILES string of the molecule is Cc1ccc(S(=O)(=O)N2CCC3NCCSC3C2)cc1. The lowest BCUT2D eigenvalue weighted by Crippen LogP contribution is -2.55. The molecule has 6 heteroatoms. The number of piperidine rings is 1. The first-order chi connectivity index (χ1) is 9.57. The van der Waals surface area contributed by atoms with Crippen LogP contribution in [0.3, 0.4) is 0 Å². The van der Waals surface area contributed by atoms with E-state index in [2.05, 4.69) is 5.32 Å². The molecule has 2 unspecified atom stereocenters. The van der Waals surface area contributed by atoms with Gasteiger partial charge in [0.15, 0.2) is 0 Å². The third kappa shape index (κ3) is 2.74. The Hall–Kier alpha value is -0.560. The molecule has 0 aromatic heterocycles. The van der Waals surface area contributed by atoms with Gasteiger partial charge in [0, 0.05) is 36.7 Å². The maximum atomic E-state index is 12.7. The molecular formula is C14H20N2O2S2. The summed E-state index contributed by atoms with van der Waals surface area (Å²) in [5, 5.41) is 3.88. The fraction of sp³-hybridized carbons (Fsp3) is 0.571. The average molecular weight is 312 g/mol. The smallest absolute Gasteiger partial charge is 0.243 e. The summed E-state index contributed by atoms with van der Waals surface area (Å²) in [6, 6.07) is 7.61. The first kappa shape index (κ1) is 14.4. The van der Waals surface area contributed by atoms with E-state index in [-0.39, 0.29) is 0 Å². The molecule has 2 atom stereocenters. The summed E-state index contributed by atoms with van der Waals surface area (Å²) in [4.78, 5) is 0.412. The van der Waals surface area contributed by atoms with Gasteiger partial charge in [0.05, 0.1) is 4.90 Å². The lowest BCUT2D eigenvalue weighted by atomic mass is 10.1. The van der Waals surface area contributed by atoms with Crippen molar-refractivity contribution in [2.45, 2.75) is 29.5 Å². The molecule has 3 rings (SSSR count). The largest absolute Gasteiger partial charge is 0.312 e. The average Bonchev–Trinajstić information content (AvgIpc) is 2.47. The molecule has 2 aliphatic rings. The molecule has 1 N–H and O–H groups in total. The highest BCUT2D eigenvalue weighted by molar-refractivity contribution is 8.00. The molecule has 0 saturated carbocycles. The van der Waals surface area contributed by atoms with Crippen molar-refractivity contribution in [3.63, 3.8) is 0 Å². The van der Waals surface area contributed by atoms with Crippen LogP contribution in [0.25, 0.3) is 0 Å². The summed E-state index contributed by atoms with van der Waals surface area (Å²) < 4.78 is 27.0. The Bertz CT molecular complexity index is 571. The molecule has 0 spiro atoms. The van der Waals surface area contributed by atoms with Gasteiger partial charge in [-0.1, -0.05) is 17.7 Å². The molecule has 0 radical (unpaired) electrons. The van der Waals surface area contributed by atoms with E-state index >= 15 is 0 Å². The van der Waals surface area contributed by atoms with E-state index in [0.717, 1.165) is 24.3 Å². The second-order valence-electron chi connectivity index (χ2n) is 5.43. The minimum atomic E-state index is -3.34. The van der Waals surface area contributed by atoms with Gasteiger partial charge in [0.25, 0.3) is 0 Å². The van der Waals surface area contributed by atoms with Gasteiger partial charge in [0.2, 0.25) is 10.0 Å². The molecular weight excluding hydrogens is 292 g/mol. The molecule has 1 aromatic rings. The second-order valence-corrected chi connectivity index (χ2v) is 8.72. The molecule has 0 bridgehead atoms. The van der Waals surface area contributed by atoms with Gasteiger partial charge in [-0.25, -0.2) is 8.42 Å². The summed E-state index contributed by atoms with van der Waals surface area (Å²) >= 11 is 1.90. The van der Waals surface area contributed by atoms with E-state index in [1.807, 2.05) is 30.8 Å². The van der Waals surface area contributed by atoms with Crippen molar-refractivity contribution < 1.29 is 8.42 Å². The van der Waals surface area contributed by atoms with E-state index in [4.69, 9.17) is 0 Å². The van der Waals surface area contributed by atoms with Gasteiger partial charge >= 0.3 is 0 Å².